The molecule has 2 heteroatoms. The van der Waals surface area contributed by atoms with Crippen LogP contribution in [0.25, 0.3) is 0 Å². The molecule has 1 aromatic rings. The summed E-state index contributed by atoms with van der Waals surface area (Å²) in [6.45, 7) is 2.90. The minimum absolute atomic E-state index is 0.234. The Bertz CT molecular complexity index is 397. The fourth-order valence-electron chi connectivity index (χ4n) is 3.38. The van der Waals surface area contributed by atoms with Crippen LogP contribution in [0.1, 0.15) is 50.5 Å². The van der Waals surface area contributed by atoms with Crippen molar-refractivity contribution in [3.63, 3.8) is 0 Å². The van der Waals surface area contributed by atoms with Crippen molar-refractivity contribution in [3.05, 3.63) is 35.9 Å². The van der Waals surface area contributed by atoms with Crippen molar-refractivity contribution in [3.8, 4) is 0 Å². The van der Waals surface area contributed by atoms with E-state index in [1.54, 1.807) is 0 Å². The van der Waals surface area contributed by atoms with Crippen LogP contribution in [0.3, 0.4) is 0 Å². The van der Waals surface area contributed by atoms with Gasteiger partial charge < -0.3 is 10.4 Å². The van der Waals surface area contributed by atoms with Gasteiger partial charge in [-0.2, -0.15) is 0 Å². The van der Waals surface area contributed by atoms with Crippen molar-refractivity contribution in [2.24, 2.45) is 11.8 Å². The maximum absolute atomic E-state index is 9.76. The summed E-state index contributed by atoms with van der Waals surface area (Å²) in [6.07, 6.45) is 6.28. The van der Waals surface area contributed by atoms with E-state index >= 15 is 0 Å². The first-order chi connectivity index (χ1) is 9.74. The van der Waals surface area contributed by atoms with Crippen LogP contribution in [-0.2, 0) is 0 Å². The largest absolute Gasteiger partial charge is 0.393 e. The highest BCUT2D eigenvalue weighted by Gasteiger charge is 2.41. The molecule has 1 aromatic carbocycles. The lowest BCUT2D eigenvalue weighted by Crippen LogP contribution is -2.36. The second-order valence-corrected chi connectivity index (χ2v) is 6.80. The molecule has 3 rings (SSSR count). The Balaban J connectivity index is 1.60. The molecule has 20 heavy (non-hydrogen) atoms. The molecule has 0 aromatic heterocycles. The molecule has 2 saturated carbocycles. The van der Waals surface area contributed by atoms with Crippen LogP contribution >= 0.6 is 0 Å². The average Bonchev–Trinajstić information content (AvgIpc) is 3.31. The van der Waals surface area contributed by atoms with Crippen molar-refractivity contribution >= 4 is 0 Å². The highest BCUT2D eigenvalue weighted by Crippen LogP contribution is 2.44. The zero-order chi connectivity index (χ0) is 13.9. The second-order valence-electron chi connectivity index (χ2n) is 6.80. The average molecular weight is 273 g/mol. The van der Waals surface area contributed by atoms with E-state index in [2.05, 4.69) is 35.6 Å². The van der Waals surface area contributed by atoms with Gasteiger partial charge in [0.15, 0.2) is 0 Å². The van der Waals surface area contributed by atoms with Crippen LogP contribution in [-0.4, -0.2) is 23.8 Å². The molecular formula is C18H27NO. The Morgan fingerprint density at radius 2 is 1.70 bits per heavy atom. The zero-order valence-corrected chi connectivity index (χ0v) is 12.5. The van der Waals surface area contributed by atoms with E-state index < -0.39 is 0 Å². The summed E-state index contributed by atoms with van der Waals surface area (Å²) in [4.78, 5) is 0. The number of rotatable bonds is 8. The molecule has 0 aliphatic heterocycles. The number of nitrogens with one attached hydrogen (secondary N) is 1. The zero-order valence-electron chi connectivity index (χ0n) is 12.5. The molecule has 0 spiro atoms. The van der Waals surface area contributed by atoms with Crippen LogP contribution in [0.15, 0.2) is 30.3 Å². The van der Waals surface area contributed by atoms with Crippen LogP contribution in [0.5, 0.6) is 0 Å². The summed E-state index contributed by atoms with van der Waals surface area (Å²) in [5.74, 6) is 2.30. The van der Waals surface area contributed by atoms with E-state index in [0.717, 1.165) is 30.8 Å². The van der Waals surface area contributed by atoms with Crippen LogP contribution in [0, 0.1) is 11.8 Å². The van der Waals surface area contributed by atoms with Gasteiger partial charge in [0, 0.05) is 12.6 Å². The molecule has 2 aliphatic rings. The maximum Gasteiger partial charge on any atom is 0.0518 e. The predicted molar refractivity (Wildman–Crippen MR) is 82.7 cm³/mol. The fraction of sp³-hybridized carbons (Fsp3) is 0.667. The molecule has 0 radical (unpaired) electrons. The van der Waals surface area contributed by atoms with Gasteiger partial charge >= 0.3 is 0 Å². The Kier molecular flexibility index (Phi) is 4.42. The molecule has 2 N–H and O–H groups in total. The normalized spacial score (nSPS) is 21.9. The highest BCUT2D eigenvalue weighted by molar-refractivity contribution is 5.20. The minimum atomic E-state index is -0.234. The van der Waals surface area contributed by atoms with Gasteiger partial charge in [0.2, 0.25) is 0 Å². The van der Waals surface area contributed by atoms with Gasteiger partial charge in [-0.25, -0.2) is 0 Å². The lowest BCUT2D eigenvalue weighted by atomic mass is 9.92. The van der Waals surface area contributed by atoms with Gasteiger partial charge in [0.25, 0.3) is 0 Å². The third-order valence-electron chi connectivity index (χ3n) is 4.76. The first-order valence-electron chi connectivity index (χ1n) is 8.20. The fourth-order valence-corrected chi connectivity index (χ4v) is 3.38. The Hall–Kier alpha value is -0.860. The lowest BCUT2D eigenvalue weighted by molar-refractivity contribution is 0.172. The van der Waals surface area contributed by atoms with E-state index in [9.17, 15) is 5.11 Å². The summed E-state index contributed by atoms with van der Waals surface area (Å²) < 4.78 is 0. The molecule has 2 fully saturated rings. The third-order valence-corrected chi connectivity index (χ3v) is 4.76. The topological polar surface area (TPSA) is 32.3 Å². The number of aliphatic hydroxyl groups is 1. The van der Waals surface area contributed by atoms with Crippen LogP contribution in [0.2, 0.25) is 0 Å². The summed E-state index contributed by atoms with van der Waals surface area (Å²) in [6, 6.07) is 11.4. The molecular weight excluding hydrogens is 246 g/mol. The predicted octanol–water partition coefficient (Wildman–Crippen LogP) is 3.32. The van der Waals surface area contributed by atoms with Gasteiger partial charge in [-0.1, -0.05) is 30.3 Å². The molecule has 0 heterocycles. The second kappa shape index (κ2) is 6.28. The number of aliphatic hydroxyl groups excluding tert-OH is 1. The quantitative estimate of drug-likeness (QED) is 0.761. The molecule has 0 amide bonds. The Labute approximate surface area is 122 Å². The molecule has 110 valence electrons. The van der Waals surface area contributed by atoms with Crippen molar-refractivity contribution in [1.29, 1.82) is 0 Å². The molecule has 0 saturated heterocycles. The number of benzene rings is 1. The molecule has 2 unspecified atom stereocenters. The lowest BCUT2D eigenvalue weighted by Gasteiger charge is -2.24. The summed E-state index contributed by atoms with van der Waals surface area (Å²) in [5, 5.41) is 13.6. The van der Waals surface area contributed by atoms with Gasteiger partial charge in [0.1, 0.15) is 0 Å². The van der Waals surface area contributed by atoms with Gasteiger partial charge in [-0.05, 0) is 62.3 Å². The summed E-state index contributed by atoms with van der Waals surface area (Å²) in [5.41, 5.74) is 1.35. The molecule has 2 nitrogen and oxygen atoms in total. The van der Waals surface area contributed by atoms with E-state index in [1.165, 1.54) is 31.2 Å². The Morgan fingerprint density at radius 1 is 1.10 bits per heavy atom. The first-order valence-corrected chi connectivity index (χ1v) is 8.20. The monoisotopic (exact) mass is 273 g/mol. The number of hydrogen-bond acceptors (Lipinski definition) is 2. The standard InChI is InChI=1S/C18H27NO/c1-13(20)11-17(14-5-3-2-4-6-14)12-19-18(15-7-8-15)16-9-10-16/h2-6,13,15-20H,7-12H2,1H3. The van der Waals surface area contributed by atoms with Crippen molar-refractivity contribution in [2.45, 2.75) is 57.1 Å². The van der Waals surface area contributed by atoms with E-state index in [-0.39, 0.29) is 6.10 Å². The molecule has 0 bridgehead atoms. The Morgan fingerprint density at radius 3 is 2.20 bits per heavy atom. The van der Waals surface area contributed by atoms with Crippen molar-refractivity contribution in [2.75, 3.05) is 6.54 Å². The van der Waals surface area contributed by atoms with E-state index in [1.807, 2.05) is 6.92 Å². The maximum atomic E-state index is 9.76. The van der Waals surface area contributed by atoms with Gasteiger partial charge in [0.05, 0.1) is 6.10 Å². The molecule has 2 atom stereocenters. The van der Waals surface area contributed by atoms with E-state index in [4.69, 9.17) is 0 Å². The van der Waals surface area contributed by atoms with Crippen LogP contribution < -0.4 is 5.32 Å². The number of hydrogen-bond donors (Lipinski definition) is 2. The SMILES string of the molecule is CC(O)CC(CNC(C1CC1)C1CC1)c1ccccc1. The van der Waals surface area contributed by atoms with Crippen molar-refractivity contribution in [1.82, 2.24) is 5.32 Å². The molecule has 2 aliphatic carbocycles. The summed E-state index contributed by atoms with van der Waals surface area (Å²) >= 11 is 0. The van der Waals surface area contributed by atoms with Gasteiger partial charge in [-0.15, -0.1) is 0 Å². The van der Waals surface area contributed by atoms with Gasteiger partial charge in [-0.3, -0.25) is 0 Å². The van der Waals surface area contributed by atoms with Crippen molar-refractivity contribution < 1.29 is 5.11 Å². The van der Waals surface area contributed by atoms with Crippen LogP contribution in [0.4, 0.5) is 0 Å². The minimum Gasteiger partial charge on any atom is -0.393 e. The van der Waals surface area contributed by atoms with E-state index in [0.29, 0.717) is 5.92 Å². The first kappa shape index (κ1) is 14.1. The smallest absolute Gasteiger partial charge is 0.0518 e. The third kappa shape index (κ3) is 3.83. The summed E-state index contributed by atoms with van der Waals surface area (Å²) in [7, 11) is 0. The highest BCUT2D eigenvalue weighted by atomic mass is 16.3.